The average molecular weight is 349 g/mol. The van der Waals surface area contributed by atoms with Gasteiger partial charge in [0.05, 0.1) is 13.2 Å². The van der Waals surface area contributed by atoms with Crippen LogP contribution in [0.3, 0.4) is 0 Å². The predicted molar refractivity (Wildman–Crippen MR) is 90.5 cm³/mol. The molecule has 0 aromatic carbocycles. The third-order valence-corrected chi connectivity index (χ3v) is 6.73. The average Bonchev–Trinajstić information content (AvgIpc) is 2.56. The molecule has 2 amide bonds. The highest BCUT2D eigenvalue weighted by Gasteiger charge is 2.39. The molecule has 1 aliphatic rings. The van der Waals surface area contributed by atoms with Crippen LogP contribution in [0.4, 0.5) is 4.79 Å². The highest BCUT2D eigenvalue weighted by molar-refractivity contribution is 6.60. The smallest absolute Gasteiger partial charge is 0.378 e. The maximum Gasteiger partial charge on any atom is 0.500 e. The van der Waals surface area contributed by atoms with Crippen LogP contribution in [0.25, 0.3) is 0 Å². The van der Waals surface area contributed by atoms with Crippen molar-refractivity contribution in [3.63, 3.8) is 0 Å². The zero-order valence-electron chi connectivity index (χ0n) is 14.8. The molecule has 1 rings (SSSR count). The minimum atomic E-state index is -2.54. The quantitative estimate of drug-likeness (QED) is 0.456. The van der Waals surface area contributed by atoms with E-state index >= 15 is 0 Å². The summed E-state index contributed by atoms with van der Waals surface area (Å²) in [5.74, 6) is 0. The van der Waals surface area contributed by atoms with Crippen molar-refractivity contribution in [2.75, 3.05) is 52.7 Å². The molecule has 23 heavy (non-hydrogen) atoms. The van der Waals surface area contributed by atoms with Crippen molar-refractivity contribution in [2.45, 2.75) is 39.7 Å². The first-order valence-electron chi connectivity index (χ1n) is 8.69. The summed E-state index contributed by atoms with van der Waals surface area (Å²) in [5, 5.41) is 2.96. The van der Waals surface area contributed by atoms with E-state index in [1.807, 2.05) is 20.8 Å². The van der Waals surface area contributed by atoms with Crippen molar-refractivity contribution in [3.05, 3.63) is 0 Å². The minimum Gasteiger partial charge on any atom is -0.378 e. The third kappa shape index (κ3) is 7.62. The molecule has 1 aliphatic heterocycles. The number of carbonyl (C=O) groups excluding carboxylic acids is 1. The summed E-state index contributed by atoms with van der Waals surface area (Å²) in [5.41, 5.74) is 0. The fourth-order valence-electron chi connectivity index (χ4n) is 2.54. The van der Waals surface area contributed by atoms with Crippen molar-refractivity contribution >= 4 is 14.8 Å². The predicted octanol–water partition coefficient (Wildman–Crippen LogP) is 1.86. The number of rotatable bonds is 11. The number of nitrogens with one attached hydrogen (secondary N) is 1. The van der Waals surface area contributed by atoms with Gasteiger partial charge in [-0.05, 0) is 33.6 Å². The SMILES string of the molecule is CCO[Si](CCCCNC(=O)N1CCOCC1)(OCC)OCC. The summed E-state index contributed by atoms with van der Waals surface area (Å²) in [4.78, 5) is 13.8. The summed E-state index contributed by atoms with van der Waals surface area (Å²) in [6, 6.07) is 0.784. The first kappa shape index (κ1) is 20.4. The molecule has 136 valence electrons. The van der Waals surface area contributed by atoms with Gasteiger partial charge in [-0.25, -0.2) is 4.79 Å². The standard InChI is InChI=1S/C15H32N2O5Si/c1-4-20-23(21-5-2,22-6-3)14-8-7-9-16-15(18)17-10-12-19-13-11-17/h4-14H2,1-3H3,(H,16,18). The Hall–Kier alpha value is -0.673. The number of amides is 2. The minimum absolute atomic E-state index is 0.00349. The molecule has 1 heterocycles. The lowest BCUT2D eigenvalue weighted by atomic mass is 10.3. The Labute approximate surface area is 141 Å². The second-order valence-electron chi connectivity index (χ2n) is 5.27. The van der Waals surface area contributed by atoms with Gasteiger partial charge in [-0.2, -0.15) is 0 Å². The molecule has 1 fully saturated rings. The van der Waals surface area contributed by atoms with Crippen LogP contribution >= 0.6 is 0 Å². The van der Waals surface area contributed by atoms with Gasteiger partial charge in [0.25, 0.3) is 0 Å². The first-order chi connectivity index (χ1) is 11.2. The molecule has 7 nitrogen and oxygen atoms in total. The number of hydrogen-bond acceptors (Lipinski definition) is 5. The molecule has 0 bridgehead atoms. The fourth-order valence-corrected chi connectivity index (χ4v) is 5.23. The lowest BCUT2D eigenvalue weighted by Gasteiger charge is -2.28. The van der Waals surface area contributed by atoms with Crippen LogP contribution in [-0.2, 0) is 18.0 Å². The summed E-state index contributed by atoms with van der Waals surface area (Å²) in [6.07, 6.45) is 1.80. The monoisotopic (exact) mass is 348 g/mol. The fraction of sp³-hybridized carbons (Fsp3) is 0.933. The Balaban J connectivity index is 2.25. The molecular formula is C15H32N2O5Si. The van der Waals surface area contributed by atoms with E-state index in [2.05, 4.69) is 5.32 Å². The lowest BCUT2D eigenvalue weighted by Crippen LogP contribution is -2.47. The molecule has 0 atom stereocenters. The molecule has 1 N–H and O–H groups in total. The van der Waals surface area contributed by atoms with Crippen LogP contribution in [-0.4, -0.2) is 72.4 Å². The second-order valence-corrected chi connectivity index (χ2v) is 8.00. The van der Waals surface area contributed by atoms with Crippen LogP contribution in [0, 0.1) is 0 Å². The summed E-state index contributed by atoms with van der Waals surface area (Å²) in [7, 11) is -2.54. The van der Waals surface area contributed by atoms with E-state index in [4.69, 9.17) is 18.0 Å². The highest BCUT2D eigenvalue weighted by atomic mass is 28.4. The molecule has 0 unspecified atom stereocenters. The van der Waals surface area contributed by atoms with Gasteiger partial charge in [0.1, 0.15) is 0 Å². The number of carbonyl (C=O) groups is 1. The van der Waals surface area contributed by atoms with Gasteiger partial charge < -0.3 is 28.2 Å². The first-order valence-corrected chi connectivity index (χ1v) is 10.6. The molecule has 0 spiro atoms. The van der Waals surface area contributed by atoms with Crippen molar-refractivity contribution in [3.8, 4) is 0 Å². The van der Waals surface area contributed by atoms with Crippen LogP contribution in [0.5, 0.6) is 0 Å². The Morgan fingerprint density at radius 1 is 1.04 bits per heavy atom. The van der Waals surface area contributed by atoms with Gasteiger partial charge in [-0.15, -0.1) is 0 Å². The van der Waals surface area contributed by atoms with Crippen LogP contribution < -0.4 is 5.32 Å². The van der Waals surface area contributed by atoms with E-state index in [-0.39, 0.29) is 6.03 Å². The van der Waals surface area contributed by atoms with Gasteiger partial charge in [0.15, 0.2) is 0 Å². The third-order valence-electron chi connectivity index (χ3n) is 3.58. The van der Waals surface area contributed by atoms with Gasteiger partial charge in [-0.3, -0.25) is 0 Å². The Morgan fingerprint density at radius 3 is 2.13 bits per heavy atom. The molecule has 0 saturated carbocycles. The maximum absolute atomic E-state index is 12.0. The zero-order chi connectivity index (χ0) is 17.0. The molecule has 8 heteroatoms. The summed E-state index contributed by atoms with van der Waals surface area (Å²) >= 11 is 0. The number of hydrogen-bond donors (Lipinski definition) is 1. The molecule has 0 aromatic heterocycles. The van der Waals surface area contributed by atoms with Crippen LogP contribution in [0.15, 0.2) is 0 Å². The Bertz CT molecular complexity index is 310. The van der Waals surface area contributed by atoms with Crippen molar-refractivity contribution in [1.29, 1.82) is 0 Å². The molecule has 0 radical (unpaired) electrons. The van der Waals surface area contributed by atoms with E-state index < -0.39 is 8.80 Å². The maximum atomic E-state index is 12.0. The van der Waals surface area contributed by atoms with Crippen molar-refractivity contribution in [2.24, 2.45) is 0 Å². The van der Waals surface area contributed by atoms with Gasteiger partial charge in [-0.1, -0.05) is 0 Å². The normalized spacial score (nSPS) is 15.7. The van der Waals surface area contributed by atoms with E-state index in [1.54, 1.807) is 4.90 Å². The summed E-state index contributed by atoms with van der Waals surface area (Å²) in [6.45, 7) is 10.9. The highest BCUT2D eigenvalue weighted by Crippen LogP contribution is 2.19. The second kappa shape index (κ2) is 11.8. The number of urea groups is 1. The van der Waals surface area contributed by atoms with E-state index in [0.717, 1.165) is 18.9 Å². The van der Waals surface area contributed by atoms with E-state index in [1.165, 1.54) is 0 Å². The van der Waals surface area contributed by atoms with Crippen molar-refractivity contribution in [1.82, 2.24) is 10.2 Å². The van der Waals surface area contributed by atoms with Crippen LogP contribution in [0.1, 0.15) is 33.6 Å². The van der Waals surface area contributed by atoms with Crippen molar-refractivity contribution < 1.29 is 22.8 Å². The topological polar surface area (TPSA) is 69.3 Å². The zero-order valence-corrected chi connectivity index (χ0v) is 15.8. The largest absolute Gasteiger partial charge is 0.500 e. The van der Waals surface area contributed by atoms with Gasteiger partial charge >= 0.3 is 14.8 Å². The van der Waals surface area contributed by atoms with E-state index in [9.17, 15) is 4.79 Å². The number of unbranched alkanes of at least 4 members (excludes halogenated alkanes) is 1. The van der Waals surface area contributed by atoms with E-state index in [0.29, 0.717) is 52.7 Å². The summed E-state index contributed by atoms with van der Waals surface area (Å²) < 4.78 is 22.7. The van der Waals surface area contributed by atoms with Gasteiger partial charge in [0, 0.05) is 45.5 Å². The van der Waals surface area contributed by atoms with Crippen LogP contribution in [0.2, 0.25) is 6.04 Å². The molecule has 0 aliphatic carbocycles. The number of morpholine rings is 1. The molecule has 1 saturated heterocycles. The number of nitrogens with zero attached hydrogens (tertiary/aromatic N) is 1. The molecular weight excluding hydrogens is 316 g/mol. The lowest BCUT2D eigenvalue weighted by molar-refractivity contribution is 0.0532. The Kier molecular flexibility index (Phi) is 10.5. The Morgan fingerprint density at radius 2 is 1.61 bits per heavy atom. The van der Waals surface area contributed by atoms with Gasteiger partial charge in [0.2, 0.25) is 0 Å². The molecule has 0 aromatic rings. The number of ether oxygens (including phenoxy) is 1.